The van der Waals surface area contributed by atoms with Crippen LogP contribution >= 0.6 is 11.6 Å². The first-order chi connectivity index (χ1) is 18.9. The molecule has 10 nitrogen and oxygen atoms in total. The number of hydrogen-bond acceptors (Lipinski definition) is 7. The van der Waals surface area contributed by atoms with Gasteiger partial charge in [0, 0.05) is 12.2 Å². The van der Waals surface area contributed by atoms with Crippen LogP contribution in [0.2, 0.25) is 5.02 Å². The normalized spacial score (nSPS) is 21.3. The Morgan fingerprint density at radius 1 is 1.12 bits per heavy atom. The Morgan fingerprint density at radius 3 is 2.55 bits per heavy atom. The predicted molar refractivity (Wildman–Crippen MR) is 151 cm³/mol. The molecular formula is C29H35ClN4O6. The van der Waals surface area contributed by atoms with Crippen molar-refractivity contribution in [2.24, 2.45) is 4.99 Å². The van der Waals surface area contributed by atoms with Crippen LogP contribution in [0.1, 0.15) is 58.1 Å². The lowest BCUT2D eigenvalue weighted by molar-refractivity contribution is -0.133. The zero-order valence-electron chi connectivity index (χ0n) is 23.2. The third kappa shape index (κ3) is 7.31. The first-order valence-electron chi connectivity index (χ1n) is 13.2. The Kier molecular flexibility index (Phi) is 9.00. The number of aliphatic imine (C=N–C) groups is 1. The van der Waals surface area contributed by atoms with Crippen molar-refractivity contribution in [2.45, 2.75) is 70.7 Å². The molecule has 0 bridgehead atoms. The monoisotopic (exact) mass is 570 g/mol. The summed E-state index contributed by atoms with van der Waals surface area (Å²) in [6.45, 7) is 8.06. The lowest BCUT2D eigenvalue weighted by Crippen LogP contribution is -2.58. The molecule has 2 aliphatic heterocycles. The average molecular weight is 571 g/mol. The molecule has 2 aliphatic rings. The minimum absolute atomic E-state index is 0.00930. The second-order valence-electron chi connectivity index (χ2n) is 11.0. The SMILES string of the molecule is CC(C)(C)OC(=O)NC1=N[C@](C)(c2cccc(NC(=O)OCc3ccccc3)c2Cl)CC(=O)N1C1CCCOC1. The number of amides is 3. The van der Waals surface area contributed by atoms with E-state index in [4.69, 9.17) is 30.8 Å². The van der Waals surface area contributed by atoms with E-state index in [2.05, 4.69) is 10.6 Å². The van der Waals surface area contributed by atoms with Crippen LogP contribution < -0.4 is 10.6 Å². The summed E-state index contributed by atoms with van der Waals surface area (Å²) in [6.07, 6.45) is 0.0818. The van der Waals surface area contributed by atoms with Crippen molar-refractivity contribution in [3.8, 4) is 0 Å². The van der Waals surface area contributed by atoms with Gasteiger partial charge in [0.25, 0.3) is 0 Å². The second-order valence-corrected chi connectivity index (χ2v) is 11.4. The number of carbonyl (C=O) groups excluding carboxylic acids is 3. The smallest absolute Gasteiger partial charge is 0.414 e. The molecule has 3 amide bonds. The number of carbonyl (C=O) groups is 3. The maximum atomic E-state index is 13.6. The molecule has 0 saturated carbocycles. The highest BCUT2D eigenvalue weighted by Crippen LogP contribution is 2.41. The number of nitrogens with zero attached hydrogens (tertiary/aromatic N) is 2. The van der Waals surface area contributed by atoms with Crippen LogP contribution in [-0.4, -0.2) is 53.8 Å². The van der Waals surface area contributed by atoms with Crippen LogP contribution in [0.25, 0.3) is 0 Å². The minimum atomic E-state index is -1.14. The summed E-state index contributed by atoms with van der Waals surface area (Å²) in [6, 6.07) is 14.1. The molecular weight excluding hydrogens is 536 g/mol. The number of halogens is 1. The van der Waals surface area contributed by atoms with Gasteiger partial charge in [0.1, 0.15) is 12.2 Å². The molecule has 0 radical (unpaired) electrons. The molecule has 40 heavy (non-hydrogen) atoms. The van der Waals surface area contributed by atoms with Crippen molar-refractivity contribution in [1.82, 2.24) is 10.2 Å². The third-order valence-electron chi connectivity index (χ3n) is 6.49. The van der Waals surface area contributed by atoms with Crippen LogP contribution in [0.15, 0.2) is 53.5 Å². The Bertz CT molecular complexity index is 1270. The number of ether oxygens (including phenoxy) is 3. The highest BCUT2D eigenvalue weighted by atomic mass is 35.5. The number of anilines is 1. The lowest BCUT2D eigenvalue weighted by Gasteiger charge is -2.41. The van der Waals surface area contributed by atoms with Crippen LogP contribution in [0.5, 0.6) is 0 Å². The summed E-state index contributed by atoms with van der Waals surface area (Å²) in [7, 11) is 0. The molecule has 4 rings (SSSR count). The molecule has 214 valence electrons. The zero-order chi connectivity index (χ0) is 28.9. The predicted octanol–water partition coefficient (Wildman–Crippen LogP) is 5.60. The van der Waals surface area contributed by atoms with Crippen LogP contribution in [-0.2, 0) is 31.2 Å². The van der Waals surface area contributed by atoms with Gasteiger partial charge in [-0.25, -0.2) is 14.6 Å². The number of guanidine groups is 1. The number of alkyl carbamates (subject to hydrolysis) is 1. The van der Waals surface area contributed by atoms with Gasteiger partial charge in [0.15, 0.2) is 0 Å². The van der Waals surface area contributed by atoms with Crippen molar-refractivity contribution in [3.05, 3.63) is 64.7 Å². The third-order valence-corrected chi connectivity index (χ3v) is 6.89. The fourth-order valence-electron chi connectivity index (χ4n) is 4.68. The zero-order valence-corrected chi connectivity index (χ0v) is 23.9. The fraction of sp³-hybridized carbons (Fsp3) is 0.448. The van der Waals surface area contributed by atoms with E-state index in [-0.39, 0.29) is 36.0 Å². The molecule has 2 aromatic carbocycles. The molecule has 2 heterocycles. The van der Waals surface area contributed by atoms with E-state index < -0.39 is 23.3 Å². The van der Waals surface area contributed by atoms with Gasteiger partial charge < -0.3 is 14.2 Å². The van der Waals surface area contributed by atoms with Gasteiger partial charge in [0.05, 0.1) is 35.3 Å². The van der Waals surface area contributed by atoms with Gasteiger partial charge in [-0.1, -0.05) is 54.1 Å². The van der Waals surface area contributed by atoms with Crippen molar-refractivity contribution in [2.75, 3.05) is 18.5 Å². The van der Waals surface area contributed by atoms with Gasteiger partial charge in [-0.3, -0.25) is 20.3 Å². The van der Waals surface area contributed by atoms with Gasteiger partial charge in [-0.2, -0.15) is 0 Å². The summed E-state index contributed by atoms with van der Waals surface area (Å²) in [4.78, 5) is 45.2. The van der Waals surface area contributed by atoms with E-state index in [1.807, 2.05) is 30.3 Å². The number of rotatable bonds is 5. The molecule has 1 fully saturated rings. The fourth-order valence-corrected chi connectivity index (χ4v) is 5.06. The van der Waals surface area contributed by atoms with E-state index in [0.29, 0.717) is 30.9 Å². The maximum Gasteiger partial charge on any atom is 0.414 e. The number of benzene rings is 2. The van der Waals surface area contributed by atoms with E-state index in [1.54, 1.807) is 45.9 Å². The molecule has 2 aromatic rings. The Balaban J connectivity index is 1.60. The van der Waals surface area contributed by atoms with Crippen molar-refractivity contribution >= 4 is 41.3 Å². The topological polar surface area (TPSA) is 119 Å². The number of hydrogen-bond donors (Lipinski definition) is 2. The largest absolute Gasteiger partial charge is 0.444 e. The standard InChI is InChI=1S/C29H35ClN4O6/c1-28(2,3)40-27(37)32-25-33-29(4,16-23(35)34(25)20-12-9-15-38-18-20)21-13-8-14-22(24(21)30)31-26(36)39-17-19-10-6-5-7-11-19/h5-8,10-11,13-14,20H,9,12,15-18H2,1-4H3,(H,31,36)(H,32,33,37)/t20?,29-/m0/s1. The molecule has 0 aliphatic carbocycles. The van der Waals surface area contributed by atoms with E-state index >= 15 is 0 Å². The molecule has 2 atom stereocenters. The van der Waals surface area contributed by atoms with Crippen molar-refractivity contribution in [3.63, 3.8) is 0 Å². The molecule has 0 aromatic heterocycles. The molecule has 2 N–H and O–H groups in total. The summed E-state index contributed by atoms with van der Waals surface area (Å²) >= 11 is 6.77. The average Bonchev–Trinajstić information content (AvgIpc) is 2.88. The van der Waals surface area contributed by atoms with Gasteiger partial charge in [0.2, 0.25) is 11.9 Å². The van der Waals surface area contributed by atoms with Crippen molar-refractivity contribution in [1.29, 1.82) is 0 Å². The second kappa shape index (κ2) is 12.3. The highest BCUT2D eigenvalue weighted by Gasteiger charge is 2.43. The van der Waals surface area contributed by atoms with Gasteiger partial charge in [-0.15, -0.1) is 0 Å². The summed E-state index contributed by atoms with van der Waals surface area (Å²) < 4.78 is 16.4. The number of nitrogens with one attached hydrogen (secondary N) is 2. The quantitative estimate of drug-likeness (QED) is 0.483. The Labute approximate surface area is 239 Å². The van der Waals surface area contributed by atoms with E-state index in [0.717, 1.165) is 12.0 Å². The highest BCUT2D eigenvalue weighted by molar-refractivity contribution is 6.34. The maximum absolute atomic E-state index is 13.6. The van der Waals surface area contributed by atoms with Crippen LogP contribution in [0.3, 0.4) is 0 Å². The summed E-state index contributed by atoms with van der Waals surface area (Å²) in [5.41, 5.74) is -0.227. The summed E-state index contributed by atoms with van der Waals surface area (Å²) in [5, 5.41) is 5.57. The molecule has 11 heteroatoms. The lowest BCUT2D eigenvalue weighted by atomic mass is 9.86. The minimum Gasteiger partial charge on any atom is -0.444 e. The first-order valence-corrected chi connectivity index (χ1v) is 13.6. The Morgan fingerprint density at radius 2 is 1.88 bits per heavy atom. The van der Waals surface area contributed by atoms with Gasteiger partial charge in [-0.05, 0) is 52.2 Å². The summed E-state index contributed by atoms with van der Waals surface area (Å²) in [5.74, 6) is -0.170. The van der Waals surface area contributed by atoms with Gasteiger partial charge >= 0.3 is 12.2 Å². The van der Waals surface area contributed by atoms with Crippen LogP contribution in [0, 0.1) is 0 Å². The van der Waals surface area contributed by atoms with E-state index in [9.17, 15) is 14.4 Å². The molecule has 0 spiro atoms. The first kappa shape index (κ1) is 29.4. The van der Waals surface area contributed by atoms with E-state index in [1.165, 1.54) is 4.90 Å². The van der Waals surface area contributed by atoms with Crippen LogP contribution in [0.4, 0.5) is 15.3 Å². The Hall–Kier alpha value is -3.63. The van der Waals surface area contributed by atoms with Crippen molar-refractivity contribution < 1.29 is 28.6 Å². The molecule has 1 saturated heterocycles. The molecule has 1 unspecified atom stereocenters.